The Hall–Kier alpha value is -12.9. The van der Waals surface area contributed by atoms with Crippen LogP contribution in [0.15, 0.2) is 352 Å². The summed E-state index contributed by atoms with van der Waals surface area (Å²) in [5.74, 6) is 0. The van der Waals surface area contributed by atoms with Gasteiger partial charge >= 0.3 is 0 Å². The number of hydrogen-bond donors (Lipinski definition) is 0. The molecule has 15 aromatic carbocycles. The molecule has 0 bridgehead atoms. The third-order valence-electron chi connectivity index (χ3n) is 25.1. The second-order valence-electron chi connectivity index (χ2n) is 33.4. The van der Waals surface area contributed by atoms with Crippen LogP contribution in [0.5, 0.6) is 0 Å². The van der Waals surface area contributed by atoms with Crippen molar-refractivity contribution in [1.82, 2.24) is 22.2 Å². The molecule has 0 N–H and O–H groups in total. The SMILES string of the molecule is CC(C)(C)[Si](C)(C)n1c2ccccc2c2ccc(N(c3ccc(N(c4ccc(N(c5ccc6c7ccccc7n(-c7ccccc7)c6c5)c5ccc6c7ccccc7n([Si](C)(C)C(C)(C)C)c6c5)cc4)c4ccc5c6ccccc6n(-c6ccccc6)c5c4)cc3)c3ccc4c5ccccc5n(-c5ccccc5)c4c3)cc21. The highest BCUT2D eigenvalue weighted by Crippen LogP contribution is 2.51. The van der Waals surface area contributed by atoms with Crippen molar-refractivity contribution in [3.63, 3.8) is 0 Å². The Balaban J connectivity index is 0.797. The van der Waals surface area contributed by atoms with Crippen LogP contribution in [0.4, 0.5) is 51.2 Å². The van der Waals surface area contributed by atoms with E-state index in [9.17, 15) is 0 Å². The fraction of sp³-hybridized carbons (Fsp3) is 0.118. The molecular formula is C102H88N8Si2. The van der Waals surface area contributed by atoms with Crippen molar-refractivity contribution in [2.75, 3.05) is 14.7 Å². The van der Waals surface area contributed by atoms with Crippen LogP contribution in [0.3, 0.4) is 0 Å². The van der Waals surface area contributed by atoms with Crippen LogP contribution in [-0.2, 0) is 0 Å². The van der Waals surface area contributed by atoms with E-state index in [4.69, 9.17) is 0 Å². The maximum atomic E-state index is 2.74. The molecule has 0 unspecified atom stereocenters. The molecule has 20 rings (SSSR count). The predicted octanol–water partition coefficient (Wildman–Crippen LogP) is 29.3. The molecule has 5 aromatic heterocycles. The monoisotopic (exact) mass is 1480 g/mol. The smallest absolute Gasteiger partial charge is 0.161 e. The van der Waals surface area contributed by atoms with Crippen molar-refractivity contribution in [3.8, 4) is 17.1 Å². The standard InChI is InChI=1S/C102H88N8Si2/c1-101(2,3)111(7,8)109-94-44-28-23-39-84(94)89-62-57-79(67-99(89)109)104(77-55-60-87-82-37-21-26-42-92(82)107(97(87)65-77)70-32-16-12-17-33-70)74-50-46-72(47-51-74)103(76-54-59-86-81-36-20-25-41-91(81)106(96(86)64-76)69-30-14-11-15-31-69)73-48-52-75(53-49-73)105(78-56-61-88-83-38-22-27-43-93(83)108(98(88)66-78)71-34-18-13-19-35-71)80-58-63-90-85-40-24-29-45-95(85)110(100(90)68-80)112(9,10)102(4,5)6/h11-68H,1-10H3. The number of para-hydroxylation sites is 8. The first-order chi connectivity index (χ1) is 54.4. The summed E-state index contributed by atoms with van der Waals surface area (Å²) in [5.41, 5.74) is 24.8. The summed E-state index contributed by atoms with van der Waals surface area (Å²) in [6.45, 7) is 24.7. The van der Waals surface area contributed by atoms with Gasteiger partial charge in [0.2, 0.25) is 0 Å². The van der Waals surface area contributed by atoms with Crippen LogP contribution >= 0.6 is 0 Å². The van der Waals surface area contributed by atoms with Gasteiger partial charge in [0.1, 0.15) is 0 Å². The van der Waals surface area contributed by atoms with Crippen molar-refractivity contribution in [2.24, 2.45) is 0 Å². The average Bonchev–Trinajstić information content (AvgIpc) is 1.57. The fourth-order valence-corrected chi connectivity index (χ4v) is 22.3. The zero-order valence-electron chi connectivity index (χ0n) is 65.1. The molecule has 10 heteroatoms. The Morgan fingerprint density at radius 1 is 0.188 bits per heavy atom. The number of rotatable bonds is 14. The minimum Gasteiger partial charge on any atom is -0.368 e. The van der Waals surface area contributed by atoms with E-state index < -0.39 is 16.5 Å². The molecule has 0 saturated heterocycles. The third-order valence-corrected chi connectivity index (χ3v) is 35.7. The van der Waals surface area contributed by atoms with Gasteiger partial charge in [-0.1, -0.05) is 244 Å². The fourth-order valence-electron chi connectivity index (χ4n) is 17.8. The number of anilines is 9. The zero-order valence-corrected chi connectivity index (χ0v) is 67.1. The lowest BCUT2D eigenvalue weighted by molar-refractivity contribution is 0.705. The van der Waals surface area contributed by atoms with Crippen molar-refractivity contribution >= 4 is 177 Å². The minimum atomic E-state index is -2.23. The van der Waals surface area contributed by atoms with E-state index in [1.807, 2.05) is 0 Å². The molecule has 0 atom stereocenters. The van der Waals surface area contributed by atoms with E-state index in [0.29, 0.717) is 0 Å². The molecule has 0 amide bonds. The van der Waals surface area contributed by atoms with E-state index in [-0.39, 0.29) is 10.1 Å². The number of fused-ring (bicyclic) bond motifs is 15. The molecule has 112 heavy (non-hydrogen) atoms. The number of aromatic nitrogens is 5. The summed E-state index contributed by atoms with van der Waals surface area (Å²) in [6, 6.07) is 131. The van der Waals surface area contributed by atoms with Crippen molar-refractivity contribution in [3.05, 3.63) is 352 Å². The van der Waals surface area contributed by atoms with Gasteiger partial charge in [-0.3, -0.25) is 0 Å². The first-order valence-corrected chi connectivity index (χ1v) is 45.2. The Kier molecular flexibility index (Phi) is 15.8. The summed E-state index contributed by atoms with van der Waals surface area (Å²) in [5, 5.41) is 12.5. The van der Waals surface area contributed by atoms with Gasteiger partial charge in [0.25, 0.3) is 0 Å². The van der Waals surface area contributed by atoms with Crippen molar-refractivity contribution < 1.29 is 0 Å². The molecule has 0 aliphatic carbocycles. The van der Waals surface area contributed by atoms with Crippen LogP contribution in [0.25, 0.3) is 126 Å². The number of hydrogen-bond acceptors (Lipinski definition) is 3. The van der Waals surface area contributed by atoms with Crippen LogP contribution in [0, 0.1) is 0 Å². The van der Waals surface area contributed by atoms with Gasteiger partial charge in [-0.05, 0) is 186 Å². The molecule has 20 aromatic rings. The number of benzene rings is 15. The van der Waals surface area contributed by atoms with E-state index >= 15 is 0 Å². The largest absolute Gasteiger partial charge is 0.368 e. The van der Waals surface area contributed by atoms with Gasteiger partial charge in [-0.15, -0.1) is 0 Å². The topological polar surface area (TPSA) is 34.4 Å². The quantitative estimate of drug-likeness (QED) is 0.102. The maximum Gasteiger partial charge on any atom is 0.161 e. The predicted molar refractivity (Wildman–Crippen MR) is 485 cm³/mol. The van der Waals surface area contributed by atoms with Gasteiger partial charge in [0, 0.05) is 144 Å². The van der Waals surface area contributed by atoms with Crippen LogP contribution in [-0.4, -0.2) is 38.6 Å². The Bertz CT molecular complexity index is 6740. The van der Waals surface area contributed by atoms with Crippen molar-refractivity contribution in [1.29, 1.82) is 0 Å². The molecule has 0 fully saturated rings. The second kappa shape index (κ2) is 25.9. The molecule has 544 valence electrons. The van der Waals surface area contributed by atoms with Gasteiger partial charge in [-0.2, -0.15) is 0 Å². The summed E-state index contributed by atoms with van der Waals surface area (Å²) in [7, 11) is -4.46. The highest BCUT2D eigenvalue weighted by molar-refractivity contribution is 6.81. The summed E-state index contributed by atoms with van der Waals surface area (Å²) in [4.78, 5) is 7.43. The zero-order chi connectivity index (χ0) is 76.1. The first kappa shape index (κ1) is 68.4. The molecule has 0 radical (unpaired) electrons. The Morgan fingerprint density at radius 2 is 0.375 bits per heavy atom. The van der Waals surface area contributed by atoms with E-state index in [1.165, 1.54) is 87.0 Å². The second-order valence-corrected chi connectivity index (χ2v) is 43.6. The highest BCUT2D eigenvalue weighted by atomic mass is 28.3. The van der Waals surface area contributed by atoms with Gasteiger partial charge in [-0.25, -0.2) is 0 Å². The lowest BCUT2D eigenvalue weighted by atomic mass is 10.1. The van der Waals surface area contributed by atoms with Crippen LogP contribution in [0.2, 0.25) is 36.3 Å². The normalized spacial score (nSPS) is 12.6. The lowest BCUT2D eigenvalue weighted by Gasteiger charge is -2.39. The summed E-state index contributed by atoms with van der Waals surface area (Å²) < 4.78 is 12.8. The average molecular weight is 1480 g/mol. The molecule has 5 heterocycles. The van der Waals surface area contributed by atoms with Crippen molar-refractivity contribution in [2.45, 2.75) is 77.8 Å². The van der Waals surface area contributed by atoms with Gasteiger partial charge in [0.05, 0.1) is 33.1 Å². The summed E-state index contributed by atoms with van der Waals surface area (Å²) in [6.07, 6.45) is 0. The van der Waals surface area contributed by atoms with Gasteiger partial charge < -0.3 is 36.9 Å². The van der Waals surface area contributed by atoms with Crippen LogP contribution in [0.1, 0.15) is 41.5 Å². The highest BCUT2D eigenvalue weighted by Gasteiger charge is 2.41. The van der Waals surface area contributed by atoms with Gasteiger partial charge in [0.15, 0.2) is 16.5 Å². The molecular weight excluding hydrogens is 1390 g/mol. The number of nitrogens with zero attached hydrogens (tertiary/aromatic N) is 8. The third kappa shape index (κ3) is 10.7. The summed E-state index contributed by atoms with van der Waals surface area (Å²) >= 11 is 0. The van der Waals surface area contributed by atoms with Crippen LogP contribution < -0.4 is 14.7 Å². The Morgan fingerprint density at radius 3 is 0.634 bits per heavy atom. The molecule has 0 spiro atoms. The van der Waals surface area contributed by atoms with E-state index in [2.05, 4.69) is 456 Å². The molecule has 0 aliphatic rings. The minimum absolute atomic E-state index is 0.0568. The molecule has 0 saturated carbocycles. The first-order valence-electron chi connectivity index (χ1n) is 39.3. The molecule has 8 nitrogen and oxygen atoms in total. The molecule has 0 aliphatic heterocycles. The Labute approximate surface area is 655 Å². The maximum absolute atomic E-state index is 2.74. The van der Waals surface area contributed by atoms with E-state index in [0.717, 1.165) is 90.3 Å². The van der Waals surface area contributed by atoms with E-state index in [1.54, 1.807) is 0 Å². The lowest BCUT2D eigenvalue weighted by Crippen LogP contribution is -2.45.